The molecule has 0 aromatic heterocycles. The fraction of sp³-hybridized carbons (Fsp3) is 0.571. The zero-order valence-corrected chi connectivity index (χ0v) is 15.3. The van der Waals surface area contributed by atoms with Crippen LogP contribution in [0.1, 0.15) is 67.4 Å². The van der Waals surface area contributed by atoms with Gasteiger partial charge in [-0.25, -0.2) is 0 Å². The summed E-state index contributed by atoms with van der Waals surface area (Å²) in [6, 6.07) is 5.88. The summed E-state index contributed by atoms with van der Waals surface area (Å²) in [5, 5.41) is 10.1. The Morgan fingerprint density at radius 1 is 1.24 bits per heavy atom. The summed E-state index contributed by atoms with van der Waals surface area (Å²) in [5.74, 6) is -0.391. The zero-order chi connectivity index (χ0) is 18.1. The van der Waals surface area contributed by atoms with Crippen LogP contribution in [-0.2, 0) is 10.2 Å². The Kier molecular flexibility index (Phi) is 5.03. The average Bonchev–Trinajstić information content (AvgIpc) is 2.61. The lowest BCUT2D eigenvalue weighted by Crippen LogP contribution is -2.37. The molecule has 4 nitrogen and oxygen atoms in total. The van der Waals surface area contributed by atoms with Crippen molar-refractivity contribution >= 4 is 11.5 Å². The summed E-state index contributed by atoms with van der Waals surface area (Å²) < 4.78 is 5.48. The Labute approximate surface area is 150 Å². The minimum absolute atomic E-state index is 0.0950. The van der Waals surface area contributed by atoms with Gasteiger partial charge >= 0.3 is 0 Å². The molecule has 3 rings (SSSR count). The zero-order valence-electron chi connectivity index (χ0n) is 15.3. The molecule has 0 atom stereocenters. The number of hydrogen-bond acceptors (Lipinski definition) is 3. The molecule has 1 saturated heterocycles. The van der Waals surface area contributed by atoms with Crippen molar-refractivity contribution in [2.75, 3.05) is 19.8 Å². The maximum absolute atomic E-state index is 12.0. The summed E-state index contributed by atoms with van der Waals surface area (Å²) in [7, 11) is 0. The van der Waals surface area contributed by atoms with E-state index >= 15 is 0 Å². The number of primary amides is 1. The largest absolute Gasteiger partial charge is 0.395 e. The van der Waals surface area contributed by atoms with Gasteiger partial charge in [0.2, 0.25) is 5.91 Å². The number of ether oxygens (including phenoxy) is 1. The molecule has 1 fully saturated rings. The number of benzene rings is 1. The number of aliphatic hydroxyl groups excluding tert-OH is 1. The third-order valence-corrected chi connectivity index (χ3v) is 5.97. The van der Waals surface area contributed by atoms with Crippen molar-refractivity contribution in [1.29, 1.82) is 0 Å². The van der Waals surface area contributed by atoms with Crippen LogP contribution in [-0.4, -0.2) is 30.8 Å². The first-order chi connectivity index (χ1) is 11.9. The van der Waals surface area contributed by atoms with E-state index in [1.807, 2.05) is 12.1 Å². The van der Waals surface area contributed by atoms with E-state index in [9.17, 15) is 9.90 Å². The van der Waals surface area contributed by atoms with Crippen molar-refractivity contribution in [3.63, 3.8) is 0 Å². The van der Waals surface area contributed by atoms with Crippen molar-refractivity contribution in [2.45, 2.75) is 51.4 Å². The van der Waals surface area contributed by atoms with E-state index in [0.717, 1.165) is 43.2 Å². The first kappa shape index (κ1) is 18.2. The predicted molar refractivity (Wildman–Crippen MR) is 99.4 cm³/mol. The smallest absolute Gasteiger partial charge is 0.249 e. The maximum Gasteiger partial charge on any atom is 0.249 e. The molecule has 0 unspecified atom stereocenters. The van der Waals surface area contributed by atoms with Gasteiger partial charge in [-0.15, -0.1) is 0 Å². The number of hydrogen-bond donors (Lipinski definition) is 2. The molecule has 0 bridgehead atoms. The van der Waals surface area contributed by atoms with Crippen LogP contribution in [0.3, 0.4) is 0 Å². The highest BCUT2D eigenvalue weighted by Gasteiger charge is 2.35. The van der Waals surface area contributed by atoms with Crippen LogP contribution in [0.15, 0.2) is 24.3 Å². The fourth-order valence-corrected chi connectivity index (χ4v) is 3.98. The quantitative estimate of drug-likeness (QED) is 0.880. The van der Waals surface area contributed by atoms with Crippen LogP contribution in [0.2, 0.25) is 0 Å². The van der Waals surface area contributed by atoms with Gasteiger partial charge in [0.05, 0.1) is 6.61 Å². The summed E-state index contributed by atoms with van der Waals surface area (Å²) in [6.45, 7) is 5.95. The fourth-order valence-electron chi connectivity index (χ4n) is 3.98. The standard InChI is InChI=1S/C21H29NO3/c1-20(2)7-5-15(6-8-20)18-13-16(3-4-17(18)19(22)24)21(14-23)9-11-25-12-10-21/h3-5,13,23H,6-12,14H2,1-2H3,(H2,22,24). The molecule has 1 amide bonds. The van der Waals surface area contributed by atoms with Crippen molar-refractivity contribution in [1.82, 2.24) is 0 Å². The van der Waals surface area contributed by atoms with E-state index in [2.05, 4.69) is 26.0 Å². The maximum atomic E-state index is 12.0. The van der Waals surface area contributed by atoms with Gasteiger partial charge in [0.15, 0.2) is 0 Å². The van der Waals surface area contributed by atoms with Crippen LogP contribution in [0, 0.1) is 5.41 Å². The van der Waals surface area contributed by atoms with Gasteiger partial charge in [-0.2, -0.15) is 0 Å². The molecule has 1 aliphatic carbocycles. The van der Waals surface area contributed by atoms with Crippen LogP contribution >= 0.6 is 0 Å². The highest BCUT2D eigenvalue weighted by Crippen LogP contribution is 2.41. The van der Waals surface area contributed by atoms with Gasteiger partial charge < -0.3 is 15.6 Å². The lowest BCUT2D eigenvalue weighted by molar-refractivity contribution is 0.0253. The molecule has 0 radical (unpaired) electrons. The molecule has 2 aliphatic rings. The molecular weight excluding hydrogens is 314 g/mol. The SMILES string of the molecule is CC1(C)CC=C(c2cc(C3(CO)CCOCC3)ccc2C(N)=O)CC1. The second-order valence-corrected chi connectivity index (χ2v) is 8.27. The van der Waals surface area contributed by atoms with E-state index in [1.54, 1.807) is 0 Å². The van der Waals surface area contributed by atoms with Crippen molar-refractivity contribution < 1.29 is 14.6 Å². The van der Waals surface area contributed by atoms with Gasteiger partial charge in [-0.1, -0.05) is 32.1 Å². The number of carbonyl (C=O) groups excluding carboxylic acids is 1. The van der Waals surface area contributed by atoms with Gasteiger partial charge in [0.1, 0.15) is 0 Å². The van der Waals surface area contributed by atoms with Gasteiger partial charge in [-0.05, 0) is 60.3 Å². The van der Waals surface area contributed by atoms with Crippen molar-refractivity contribution in [3.8, 4) is 0 Å². The summed E-state index contributed by atoms with van der Waals surface area (Å²) in [4.78, 5) is 12.0. The van der Waals surface area contributed by atoms with Crippen LogP contribution in [0.5, 0.6) is 0 Å². The number of allylic oxidation sites excluding steroid dienone is 2. The third kappa shape index (κ3) is 3.65. The van der Waals surface area contributed by atoms with E-state index < -0.39 is 5.91 Å². The summed E-state index contributed by atoms with van der Waals surface area (Å²) in [5.41, 5.74) is 9.47. The Morgan fingerprint density at radius 3 is 2.52 bits per heavy atom. The second kappa shape index (κ2) is 6.93. The van der Waals surface area contributed by atoms with Crippen LogP contribution < -0.4 is 5.73 Å². The van der Waals surface area contributed by atoms with Crippen LogP contribution in [0.4, 0.5) is 0 Å². The van der Waals surface area contributed by atoms with Gasteiger partial charge in [0.25, 0.3) is 0 Å². The lowest BCUT2D eigenvalue weighted by Gasteiger charge is -2.37. The van der Waals surface area contributed by atoms with Gasteiger partial charge in [0, 0.05) is 24.2 Å². The highest BCUT2D eigenvalue weighted by molar-refractivity contribution is 5.98. The second-order valence-electron chi connectivity index (χ2n) is 8.27. The topological polar surface area (TPSA) is 72.6 Å². The lowest BCUT2D eigenvalue weighted by atomic mass is 9.72. The Bertz CT molecular complexity index is 684. The molecule has 3 N–H and O–H groups in total. The molecule has 0 saturated carbocycles. The normalized spacial score (nSPS) is 22.3. The molecule has 1 aromatic rings. The van der Waals surface area contributed by atoms with Crippen molar-refractivity contribution in [3.05, 3.63) is 41.0 Å². The number of nitrogens with two attached hydrogens (primary N) is 1. The molecule has 1 aromatic carbocycles. The Morgan fingerprint density at radius 2 is 1.96 bits per heavy atom. The monoisotopic (exact) mass is 343 g/mol. The number of carbonyl (C=O) groups is 1. The van der Waals surface area contributed by atoms with E-state index in [0.29, 0.717) is 24.2 Å². The molecule has 4 heteroatoms. The first-order valence-electron chi connectivity index (χ1n) is 9.19. The minimum Gasteiger partial charge on any atom is -0.395 e. The molecule has 1 aliphatic heterocycles. The van der Waals surface area contributed by atoms with Crippen molar-refractivity contribution in [2.24, 2.45) is 11.1 Å². The minimum atomic E-state index is -0.391. The summed E-state index contributed by atoms with van der Waals surface area (Å²) in [6.07, 6.45) is 6.90. The number of aliphatic hydroxyl groups is 1. The molecule has 0 spiro atoms. The number of amides is 1. The highest BCUT2D eigenvalue weighted by atomic mass is 16.5. The third-order valence-electron chi connectivity index (χ3n) is 5.97. The molecular formula is C21H29NO3. The average molecular weight is 343 g/mol. The number of rotatable bonds is 4. The summed E-state index contributed by atoms with van der Waals surface area (Å²) >= 11 is 0. The molecule has 136 valence electrons. The Hall–Kier alpha value is -1.65. The van der Waals surface area contributed by atoms with Crippen LogP contribution in [0.25, 0.3) is 5.57 Å². The van der Waals surface area contributed by atoms with E-state index in [-0.39, 0.29) is 12.0 Å². The van der Waals surface area contributed by atoms with E-state index in [1.165, 1.54) is 5.57 Å². The first-order valence-corrected chi connectivity index (χ1v) is 9.19. The van der Waals surface area contributed by atoms with E-state index in [4.69, 9.17) is 10.5 Å². The van der Waals surface area contributed by atoms with Gasteiger partial charge in [-0.3, -0.25) is 4.79 Å². The molecule has 1 heterocycles. The molecule has 25 heavy (non-hydrogen) atoms. The predicted octanol–water partition coefficient (Wildman–Crippen LogP) is 3.42. The Balaban J connectivity index is 2.04.